The molecule has 1 saturated heterocycles. The molecule has 0 spiro atoms. The summed E-state index contributed by atoms with van der Waals surface area (Å²) in [4.78, 5) is 88.1. The van der Waals surface area contributed by atoms with E-state index in [0.29, 0.717) is 11.7 Å². The van der Waals surface area contributed by atoms with E-state index in [-0.39, 0.29) is 24.4 Å². The Kier molecular flexibility index (Phi) is 15.2. The molecule has 5 rings (SSSR count). The van der Waals surface area contributed by atoms with Gasteiger partial charge in [0.15, 0.2) is 0 Å². The van der Waals surface area contributed by atoms with E-state index in [4.69, 9.17) is 10.2 Å². The summed E-state index contributed by atoms with van der Waals surface area (Å²) < 4.78 is 5.84. The van der Waals surface area contributed by atoms with Gasteiger partial charge in [-0.1, -0.05) is 31.9 Å². The monoisotopic (exact) mass is 782 g/mol. The number of rotatable bonds is 6. The fourth-order valence-electron chi connectivity index (χ4n) is 3.60. The van der Waals surface area contributed by atoms with Gasteiger partial charge >= 0.3 is 35.9 Å². The summed E-state index contributed by atoms with van der Waals surface area (Å²) in [6.07, 6.45) is 2.83. The molecule has 17 heteroatoms. The van der Waals surface area contributed by atoms with Crippen molar-refractivity contribution >= 4 is 91.0 Å². The van der Waals surface area contributed by atoms with Gasteiger partial charge in [-0.3, -0.25) is 33.7 Å². The molecule has 0 bridgehead atoms. The third-order valence-electron chi connectivity index (χ3n) is 5.82. The second kappa shape index (κ2) is 18.5. The normalized spacial score (nSPS) is 14.9. The molecule has 0 aromatic heterocycles. The molecule has 2 aromatic rings. The van der Waals surface area contributed by atoms with Crippen LogP contribution in [0.2, 0.25) is 0 Å². The third-order valence-corrected chi connectivity index (χ3v) is 6.88. The van der Waals surface area contributed by atoms with Crippen molar-refractivity contribution in [1.29, 1.82) is 0 Å². The number of benzene rings is 2. The summed E-state index contributed by atoms with van der Waals surface area (Å²) in [5, 5.41) is 21.0. The zero-order valence-corrected chi connectivity index (χ0v) is 28.4. The van der Waals surface area contributed by atoms with Crippen LogP contribution in [0.3, 0.4) is 0 Å². The number of carboxylic acids is 2. The summed E-state index contributed by atoms with van der Waals surface area (Å²) in [5.74, 6) is -4.60. The Hall–Kier alpha value is -4.64. The molecule has 2 saturated carbocycles. The molecule has 0 atom stereocenters. The van der Waals surface area contributed by atoms with Gasteiger partial charge in [0, 0.05) is 40.6 Å². The van der Waals surface area contributed by atoms with Gasteiger partial charge in [-0.2, -0.15) is 0 Å². The van der Waals surface area contributed by atoms with Gasteiger partial charge in [-0.05, 0) is 74.2 Å². The number of nitrogens with one attached hydrogen (secondary N) is 2. The Morgan fingerprint density at radius 3 is 1.66 bits per heavy atom. The van der Waals surface area contributed by atoms with Crippen LogP contribution in [0, 0.1) is 0 Å². The molecular weight excluding hydrogens is 752 g/mol. The van der Waals surface area contributed by atoms with Crippen LogP contribution >= 0.6 is 31.9 Å². The van der Waals surface area contributed by atoms with Crippen LogP contribution in [0.4, 0.5) is 21.0 Å². The molecule has 2 aliphatic carbocycles. The maximum atomic E-state index is 12.3. The Bertz CT molecular complexity index is 1440. The number of hydrogen-bond acceptors (Lipinski definition) is 9. The Labute approximate surface area is 285 Å². The number of imide groups is 2. The number of carbonyl (C=O) groups excluding carboxylic acids is 6. The third kappa shape index (κ3) is 15.0. The number of carbonyl (C=O) groups is 8. The maximum Gasteiger partial charge on any atom is 0.338 e. The van der Waals surface area contributed by atoms with Crippen molar-refractivity contribution in [2.45, 2.75) is 64.5 Å². The number of hydrogen-bond donors (Lipinski definition) is 4. The fourth-order valence-corrected chi connectivity index (χ4v) is 4.13. The maximum absolute atomic E-state index is 12.3. The number of nitrogens with zero attached hydrogens (tertiary/aromatic N) is 2. The largest absolute Gasteiger partial charge is 0.481 e. The molecule has 252 valence electrons. The van der Waals surface area contributed by atoms with Gasteiger partial charge in [0.1, 0.15) is 12.8 Å². The second-order valence-electron chi connectivity index (χ2n) is 10.1. The van der Waals surface area contributed by atoms with E-state index >= 15 is 0 Å². The van der Waals surface area contributed by atoms with Crippen molar-refractivity contribution in [2.24, 2.45) is 0 Å². The van der Waals surface area contributed by atoms with Crippen molar-refractivity contribution in [1.82, 2.24) is 10.2 Å². The summed E-state index contributed by atoms with van der Waals surface area (Å²) in [6, 6.07) is 14.1. The molecule has 3 fully saturated rings. The summed E-state index contributed by atoms with van der Waals surface area (Å²) in [5.41, 5.74) is 1.31. The molecule has 15 nitrogen and oxygen atoms in total. The number of anilines is 2. The minimum absolute atomic E-state index is 0.0222. The topological polar surface area (TPSA) is 217 Å². The van der Waals surface area contributed by atoms with E-state index in [1.165, 1.54) is 18.7 Å². The van der Waals surface area contributed by atoms with E-state index in [9.17, 15) is 38.4 Å². The number of amides is 6. The quantitative estimate of drug-likeness (QED) is 0.233. The molecule has 0 radical (unpaired) electrons. The van der Waals surface area contributed by atoms with Gasteiger partial charge in [-0.25, -0.2) is 14.5 Å². The Balaban J connectivity index is 0.000000241. The predicted molar refractivity (Wildman–Crippen MR) is 173 cm³/mol. The standard InChI is InChI=1S/C13H11BrN2O3.C10H11BrN2O.C4H6O3.C3H4O4/c14-8-1-3-9(4-2-8)15-11(17)7-12(18)16(13(15)19)10-5-6-10;11-7-1-3-8(4-2-7)12-10(14)13-9-5-6-9;1-3(5)7-4(2)6;4-2(5)1-3(6)7/h1-4,10H,5-7H2;1-4,9H,5-6H2,(H2,12,13,14);1-2H3;1H2,(H,4,5)(H,6,7). The zero-order chi connectivity index (χ0) is 35.3. The predicted octanol–water partition coefficient (Wildman–Crippen LogP) is 4.67. The van der Waals surface area contributed by atoms with Crippen molar-refractivity contribution in [3.05, 3.63) is 57.5 Å². The number of halogens is 2. The molecule has 1 heterocycles. The van der Waals surface area contributed by atoms with Crippen molar-refractivity contribution in [3.63, 3.8) is 0 Å². The number of ether oxygens (including phenoxy) is 1. The second-order valence-corrected chi connectivity index (χ2v) is 11.9. The van der Waals surface area contributed by atoms with Gasteiger partial charge in [0.05, 0.1) is 5.69 Å². The first-order valence-corrected chi connectivity index (χ1v) is 15.6. The minimum atomic E-state index is -1.31. The van der Waals surface area contributed by atoms with Crippen molar-refractivity contribution in [2.75, 3.05) is 10.2 Å². The number of aliphatic carboxylic acids is 2. The average Bonchev–Trinajstić information content (AvgIpc) is 3.88. The highest BCUT2D eigenvalue weighted by Crippen LogP contribution is 2.32. The SMILES string of the molecule is CC(=O)OC(C)=O.O=C(Nc1ccc(Br)cc1)NC1CC1.O=C(O)CC(=O)O.O=C1CC(=O)N(C2CC2)C(=O)N1c1ccc(Br)cc1. The lowest BCUT2D eigenvalue weighted by Crippen LogP contribution is -2.56. The van der Waals surface area contributed by atoms with Crippen LogP contribution in [0.25, 0.3) is 0 Å². The molecule has 4 N–H and O–H groups in total. The summed E-state index contributed by atoms with van der Waals surface area (Å²) in [6.45, 7) is 2.36. The Morgan fingerprint density at radius 1 is 0.787 bits per heavy atom. The number of carboxylic acid groups (broad SMARTS) is 2. The number of barbiturate groups is 1. The Morgan fingerprint density at radius 2 is 1.28 bits per heavy atom. The van der Waals surface area contributed by atoms with Crippen LogP contribution in [0.1, 0.15) is 52.4 Å². The zero-order valence-electron chi connectivity index (χ0n) is 25.2. The first kappa shape index (κ1) is 38.5. The molecule has 3 aliphatic rings. The minimum Gasteiger partial charge on any atom is -0.481 e. The van der Waals surface area contributed by atoms with Crippen molar-refractivity contribution in [3.8, 4) is 0 Å². The van der Waals surface area contributed by atoms with E-state index in [1.807, 2.05) is 24.3 Å². The van der Waals surface area contributed by atoms with Gasteiger partial charge < -0.3 is 25.6 Å². The lowest BCUT2D eigenvalue weighted by molar-refractivity contribution is -0.156. The average molecular weight is 784 g/mol. The van der Waals surface area contributed by atoms with Crippen LogP contribution in [-0.2, 0) is 33.5 Å². The number of esters is 2. The smallest absolute Gasteiger partial charge is 0.338 e. The van der Waals surface area contributed by atoms with Crippen LogP contribution < -0.4 is 15.5 Å². The van der Waals surface area contributed by atoms with Crippen LogP contribution in [0.5, 0.6) is 0 Å². The highest BCUT2D eigenvalue weighted by molar-refractivity contribution is 9.10. The molecule has 47 heavy (non-hydrogen) atoms. The lowest BCUT2D eigenvalue weighted by atomic mass is 10.2. The van der Waals surface area contributed by atoms with Crippen LogP contribution in [-0.4, -0.2) is 75.0 Å². The molecule has 1 aliphatic heterocycles. The van der Waals surface area contributed by atoms with E-state index in [1.54, 1.807) is 24.3 Å². The van der Waals surface area contributed by atoms with E-state index in [0.717, 1.165) is 45.2 Å². The van der Waals surface area contributed by atoms with E-state index in [2.05, 4.69) is 47.2 Å². The van der Waals surface area contributed by atoms with Gasteiger partial charge in [0.2, 0.25) is 11.8 Å². The van der Waals surface area contributed by atoms with Crippen molar-refractivity contribution < 1.29 is 53.3 Å². The first-order chi connectivity index (χ1) is 22.1. The lowest BCUT2D eigenvalue weighted by Gasteiger charge is -2.32. The van der Waals surface area contributed by atoms with Gasteiger partial charge in [-0.15, -0.1) is 0 Å². The summed E-state index contributed by atoms with van der Waals surface area (Å²) >= 11 is 6.64. The fraction of sp³-hybridized carbons (Fsp3) is 0.333. The first-order valence-electron chi connectivity index (χ1n) is 14.0. The van der Waals surface area contributed by atoms with Crippen LogP contribution in [0.15, 0.2) is 57.5 Å². The molecule has 2 aromatic carbocycles. The molecule has 6 amide bonds. The highest BCUT2D eigenvalue weighted by Gasteiger charge is 2.45. The molecular formula is C30H32Br2N4O11. The highest BCUT2D eigenvalue weighted by atomic mass is 79.9. The van der Waals surface area contributed by atoms with Gasteiger partial charge in [0.25, 0.3) is 0 Å². The summed E-state index contributed by atoms with van der Waals surface area (Å²) in [7, 11) is 0. The van der Waals surface area contributed by atoms with E-state index < -0.39 is 42.2 Å². The number of urea groups is 2. The molecule has 0 unspecified atom stereocenters.